The molecule has 17 heavy (non-hydrogen) atoms. The first-order valence-electron chi connectivity index (χ1n) is 5.28. The summed E-state index contributed by atoms with van der Waals surface area (Å²) in [6.07, 6.45) is 0. The Morgan fingerprint density at radius 3 is 2.59 bits per heavy atom. The number of ether oxygens (including phenoxy) is 1. The summed E-state index contributed by atoms with van der Waals surface area (Å²) < 4.78 is 18.1. The molecular formula is C13H14FNO2. The Labute approximate surface area is 99.8 Å². The Bertz CT molecular complexity index is 463. The molecule has 0 saturated heterocycles. The van der Waals surface area contributed by atoms with Gasteiger partial charge < -0.3 is 4.74 Å². The van der Waals surface area contributed by atoms with Crippen LogP contribution in [0.1, 0.15) is 24.2 Å². The van der Waals surface area contributed by atoms with Crippen LogP contribution in [0.4, 0.5) is 4.39 Å². The number of Topliss-reactive ketones (excluding diaryl/α,β-unsaturated/α-hetero) is 1. The van der Waals surface area contributed by atoms with Crippen LogP contribution in [0, 0.1) is 29.0 Å². The summed E-state index contributed by atoms with van der Waals surface area (Å²) in [4.78, 5) is 12.1. The highest BCUT2D eigenvalue weighted by molar-refractivity contribution is 6.01. The zero-order valence-corrected chi connectivity index (χ0v) is 10.0. The first-order valence-corrected chi connectivity index (χ1v) is 5.28. The van der Waals surface area contributed by atoms with Crippen molar-refractivity contribution in [1.82, 2.24) is 0 Å². The molecule has 1 aromatic rings. The maximum Gasteiger partial charge on any atom is 0.184 e. The summed E-state index contributed by atoms with van der Waals surface area (Å²) >= 11 is 0. The van der Waals surface area contributed by atoms with Gasteiger partial charge in [0.25, 0.3) is 0 Å². The Balaban J connectivity index is 3.19. The molecule has 1 unspecified atom stereocenters. The number of ketones is 1. The van der Waals surface area contributed by atoms with Crippen molar-refractivity contribution in [1.29, 1.82) is 5.26 Å². The number of hydrogen-bond acceptors (Lipinski definition) is 3. The van der Waals surface area contributed by atoms with Crippen LogP contribution in [0.15, 0.2) is 18.2 Å². The summed E-state index contributed by atoms with van der Waals surface area (Å²) in [5, 5.41) is 8.96. The van der Waals surface area contributed by atoms with Crippen molar-refractivity contribution in [2.24, 2.45) is 11.8 Å². The normalized spacial score (nSPS) is 12.0. The molecule has 0 spiro atoms. The Morgan fingerprint density at radius 1 is 1.47 bits per heavy atom. The molecule has 0 N–H and O–H groups in total. The van der Waals surface area contributed by atoms with E-state index in [1.807, 2.05) is 6.07 Å². The van der Waals surface area contributed by atoms with E-state index in [9.17, 15) is 9.18 Å². The molecule has 90 valence electrons. The second-order valence-corrected chi connectivity index (χ2v) is 4.06. The largest absolute Gasteiger partial charge is 0.496 e. The van der Waals surface area contributed by atoms with Crippen molar-refractivity contribution in [3.05, 3.63) is 29.6 Å². The lowest BCUT2D eigenvalue weighted by Crippen LogP contribution is -2.19. The number of carbonyl (C=O) groups excluding carboxylic acids is 1. The first kappa shape index (κ1) is 13.2. The third-order valence-electron chi connectivity index (χ3n) is 2.52. The number of methoxy groups -OCH3 is 1. The highest BCUT2D eigenvalue weighted by atomic mass is 19.1. The second-order valence-electron chi connectivity index (χ2n) is 4.06. The molecule has 0 saturated carbocycles. The third-order valence-corrected chi connectivity index (χ3v) is 2.52. The van der Waals surface area contributed by atoms with Crippen LogP contribution < -0.4 is 4.74 Å². The van der Waals surface area contributed by atoms with Gasteiger partial charge in [0.1, 0.15) is 17.5 Å². The molecule has 0 amide bonds. The van der Waals surface area contributed by atoms with E-state index < -0.39 is 17.5 Å². The fourth-order valence-corrected chi connectivity index (χ4v) is 1.55. The topological polar surface area (TPSA) is 50.1 Å². The van der Waals surface area contributed by atoms with Gasteiger partial charge >= 0.3 is 0 Å². The van der Waals surface area contributed by atoms with Crippen molar-refractivity contribution in [3.8, 4) is 11.8 Å². The minimum atomic E-state index is -0.786. The van der Waals surface area contributed by atoms with Crippen molar-refractivity contribution >= 4 is 5.78 Å². The Hall–Kier alpha value is -1.89. The fourth-order valence-electron chi connectivity index (χ4n) is 1.55. The van der Waals surface area contributed by atoms with Gasteiger partial charge in [-0.2, -0.15) is 5.26 Å². The number of nitriles is 1. The summed E-state index contributed by atoms with van der Waals surface area (Å²) in [6, 6.07) is 5.65. The lowest BCUT2D eigenvalue weighted by Gasteiger charge is -2.14. The molecular weight excluding hydrogens is 221 g/mol. The molecule has 0 fully saturated rings. The number of hydrogen-bond donors (Lipinski definition) is 0. The molecule has 1 rings (SSSR count). The van der Waals surface area contributed by atoms with E-state index in [0.717, 1.165) is 6.07 Å². The van der Waals surface area contributed by atoms with Gasteiger partial charge in [0, 0.05) is 0 Å². The second kappa shape index (κ2) is 5.44. The molecule has 0 heterocycles. The quantitative estimate of drug-likeness (QED) is 0.754. The van der Waals surface area contributed by atoms with Crippen LogP contribution in [0.2, 0.25) is 0 Å². The van der Waals surface area contributed by atoms with Crippen LogP contribution in [0.5, 0.6) is 5.75 Å². The summed E-state index contributed by atoms with van der Waals surface area (Å²) in [5.74, 6) is -1.54. The molecule has 1 atom stereocenters. The monoisotopic (exact) mass is 235 g/mol. The van der Waals surface area contributed by atoms with Gasteiger partial charge in [-0.1, -0.05) is 13.8 Å². The van der Waals surface area contributed by atoms with Crippen molar-refractivity contribution in [2.75, 3.05) is 7.11 Å². The lowest BCUT2D eigenvalue weighted by atomic mass is 9.89. The lowest BCUT2D eigenvalue weighted by molar-refractivity contribution is 0.0921. The van der Waals surface area contributed by atoms with Crippen molar-refractivity contribution in [3.63, 3.8) is 0 Å². The molecule has 0 aliphatic carbocycles. The van der Waals surface area contributed by atoms with Gasteiger partial charge in [0.2, 0.25) is 0 Å². The maximum absolute atomic E-state index is 13.1. The first-order chi connectivity index (χ1) is 8.01. The third kappa shape index (κ3) is 2.82. The summed E-state index contributed by atoms with van der Waals surface area (Å²) in [5.41, 5.74) is 0.118. The van der Waals surface area contributed by atoms with Crippen molar-refractivity contribution < 1.29 is 13.9 Å². The maximum atomic E-state index is 13.1. The molecule has 3 nitrogen and oxygen atoms in total. The minimum absolute atomic E-state index is 0.118. The average molecular weight is 235 g/mol. The van der Waals surface area contributed by atoms with E-state index in [1.165, 1.54) is 19.2 Å². The van der Waals surface area contributed by atoms with E-state index >= 15 is 0 Å². The van der Waals surface area contributed by atoms with E-state index in [-0.39, 0.29) is 17.2 Å². The number of nitrogens with zero attached hydrogens (tertiary/aromatic N) is 1. The van der Waals surface area contributed by atoms with Crippen LogP contribution in [-0.4, -0.2) is 12.9 Å². The zero-order valence-electron chi connectivity index (χ0n) is 10.0. The molecule has 4 heteroatoms. The van der Waals surface area contributed by atoms with Gasteiger partial charge in [0.15, 0.2) is 5.78 Å². The highest BCUT2D eigenvalue weighted by Crippen LogP contribution is 2.25. The van der Waals surface area contributed by atoms with E-state index in [2.05, 4.69) is 0 Å². The van der Waals surface area contributed by atoms with Gasteiger partial charge in [-0.3, -0.25) is 4.79 Å². The molecule has 0 aromatic heterocycles. The van der Waals surface area contributed by atoms with Crippen LogP contribution >= 0.6 is 0 Å². The number of rotatable bonds is 4. The van der Waals surface area contributed by atoms with Gasteiger partial charge in [-0.25, -0.2) is 4.39 Å². The SMILES string of the molecule is COc1ccc(F)cc1C(=O)C(C#N)C(C)C. The van der Waals surface area contributed by atoms with Crippen LogP contribution in [0.3, 0.4) is 0 Å². The van der Waals surface area contributed by atoms with Gasteiger partial charge in [-0.15, -0.1) is 0 Å². The minimum Gasteiger partial charge on any atom is -0.496 e. The molecule has 0 bridgehead atoms. The van der Waals surface area contributed by atoms with Gasteiger partial charge in [-0.05, 0) is 24.1 Å². The fraction of sp³-hybridized carbons (Fsp3) is 0.385. The average Bonchev–Trinajstić information content (AvgIpc) is 2.29. The molecule has 0 aliphatic rings. The van der Waals surface area contributed by atoms with Gasteiger partial charge in [0.05, 0.1) is 18.7 Å². The van der Waals surface area contributed by atoms with Crippen molar-refractivity contribution in [2.45, 2.75) is 13.8 Å². The van der Waals surface area contributed by atoms with E-state index in [1.54, 1.807) is 13.8 Å². The van der Waals surface area contributed by atoms with E-state index in [0.29, 0.717) is 0 Å². The Morgan fingerprint density at radius 2 is 2.12 bits per heavy atom. The Kier molecular flexibility index (Phi) is 4.22. The molecule has 0 aliphatic heterocycles. The summed E-state index contributed by atoms with van der Waals surface area (Å²) in [6.45, 7) is 3.55. The van der Waals surface area contributed by atoms with Crippen LogP contribution in [-0.2, 0) is 0 Å². The smallest absolute Gasteiger partial charge is 0.184 e. The standard InChI is InChI=1S/C13H14FNO2/c1-8(2)11(7-15)13(16)10-6-9(14)4-5-12(10)17-3/h4-6,8,11H,1-3H3. The zero-order chi connectivity index (χ0) is 13.0. The van der Waals surface area contributed by atoms with Crippen LogP contribution in [0.25, 0.3) is 0 Å². The number of benzene rings is 1. The number of halogens is 1. The molecule has 0 radical (unpaired) electrons. The number of carbonyl (C=O) groups is 1. The van der Waals surface area contributed by atoms with E-state index in [4.69, 9.17) is 10.00 Å². The molecule has 1 aromatic carbocycles. The summed E-state index contributed by atoms with van der Waals surface area (Å²) in [7, 11) is 1.40. The highest BCUT2D eigenvalue weighted by Gasteiger charge is 2.25. The predicted molar refractivity (Wildman–Crippen MR) is 61.2 cm³/mol. The predicted octanol–water partition coefficient (Wildman–Crippen LogP) is 2.81.